The fraction of sp³-hybridized carbons (Fsp3) is 0.412. The van der Waals surface area contributed by atoms with Gasteiger partial charge in [0.1, 0.15) is 0 Å². The Labute approximate surface area is 156 Å². The number of hydrogen-bond donors (Lipinski definition) is 2. The number of carbonyl (C=O) groups is 2. The van der Waals surface area contributed by atoms with Crippen LogP contribution in [0.4, 0.5) is 0 Å². The lowest BCUT2D eigenvalue weighted by Crippen LogP contribution is -2.40. The summed E-state index contributed by atoms with van der Waals surface area (Å²) < 4.78 is 0. The van der Waals surface area contributed by atoms with Crippen molar-refractivity contribution in [3.8, 4) is 0 Å². The van der Waals surface area contributed by atoms with Crippen molar-refractivity contribution in [2.45, 2.75) is 12.5 Å². The van der Waals surface area contributed by atoms with E-state index in [1.54, 1.807) is 29.2 Å². The molecule has 1 aromatic carbocycles. The van der Waals surface area contributed by atoms with Crippen LogP contribution in [-0.4, -0.2) is 70.7 Å². The summed E-state index contributed by atoms with van der Waals surface area (Å²) in [5.74, 6) is -0.348. The van der Waals surface area contributed by atoms with Gasteiger partial charge in [0.25, 0.3) is 0 Å². The number of hydrogen-bond acceptors (Lipinski definition) is 4. The maximum atomic E-state index is 12.3. The first-order valence-corrected chi connectivity index (χ1v) is 8.65. The van der Waals surface area contributed by atoms with Gasteiger partial charge in [-0.15, -0.1) is 0 Å². The number of nitrogens with zero attached hydrogens (tertiary/aromatic N) is 2. The van der Waals surface area contributed by atoms with Crippen LogP contribution in [0.15, 0.2) is 24.3 Å². The summed E-state index contributed by atoms with van der Waals surface area (Å²) in [5, 5.41) is 19.2. The molecule has 2 rings (SSSR count). The van der Waals surface area contributed by atoms with E-state index in [2.05, 4.69) is 0 Å². The molecular formula is C17H20Cl2N2O4. The maximum absolute atomic E-state index is 12.3. The zero-order valence-electron chi connectivity index (χ0n) is 13.6. The van der Waals surface area contributed by atoms with E-state index >= 15 is 0 Å². The number of carbonyl (C=O) groups excluding carboxylic acids is 2. The molecule has 2 amide bonds. The molecule has 6 nitrogen and oxygen atoms in total. The molecule has 1 saturated heterocycles. The summed E-state index contributed by atoms with van der Waals surface area (Å²) in [5.41, 5.74) is 0.751. The van der Waals surface area contributed by atoms with E-state index in [4.69, 9.17) is 28.3 Å². The van der Waals surface area contributed by atoms with E-state index in [0.29, 0.717) is 29.7 Å². The Morgan fingerprint density at radius 1 is 1.24 bits per heavy atom. The van der Waals surface area contributed by atoms with Crippen LogP contribution < -0.4 is 0 Å². The molecule has 0 spiro atoms. The third kappa shape index (κ3) is 5.71. The summed E-state index contributed by atoms with van der Waals surface area (Å²) in [4.78, 5) is 27.4. The first kappa shape index (κ1) is 19.7. The van der Waals surface area contributed by atoms with Crippen LogP contribution in [0.2, 0.25) is 10.0 Å². The highest BCUT2D eigenvalue weighted by molar-refractivity contribution is 6.42. The largest absolute Gasteiger partial charge is 0.394 e. The van der Waals surface area contributed by atoms with Gasteiger partial charge in [-0.2, -0.15) is 0 Å². The predicted octanol–water partition coefficient (Wildman–Crippen LogP) is 1.42. The van der Waals surface area contributed by atoms with Crippen molar-refractivity contribution in [2.75, 3.05) is 32.8 Å². The maximum Gasteiger partial charge on any atom is 0.246 e. The van der Waals surface area contributed by atoms with Crippen molar-refractivity contribution >= 4 is 41.1 Å². The Kier molecular flexibility index (Phi) is 7.25. The molecule has 2 N–H and O–H groups in total. The van der Waals surface area contributed by atoms with Gasteiger partial charge >= 0.3 is 0 Å². The minimum Gasteiger partial charge on any atom is -0.394 e. The lowest BCUT2D eigenvalue weighted by molar-refractivity contribution is -0.132. The summed E-state index contributed by atoms with van der Waals surface area (Å²) in [6, 6.07) is 5.07. The SMILES string of the molecule is O=C(C=Cc1ccc(Cl)c(Cl)c1)N1CCC(=O)N(CC(O)CO)CC1. The average molecular weight is 387 g/mol. The van der Waals surface area contributed by atoms with Crippen molar-refractivity contribution in [3.05, 3.63) is 39.9 Å². The van der Waals surface area contributed by atoms with Gasteiger partial charge in [-0.25, -0.2) is 0 Å². The Balaban J connectivity index is 1.96. The molecule has 0 aromatic heterocycles. The first-order valence-electron chi connectivity index (χ1n) is 7.89. The summed E-state index contributed by atoms with van der Waals surface area (Å²) in [7, 11) is 0. The topological polar surface area (TPSA) is 81.1 Å². The second-order valence-corrected chi connectivity index (χ2v) is 6.57. The van der Waals surface area contributed by atoms with E-state index in [9.17, 15) is 14.7 Å². The molecule has 1 unspecified atom stereocenters. The number of halogens is 2. The van der Waals surface area contributed by atoms with Gasteiger partial charge in [0, 0.05) is 38.7 Å². The highest BCUT2D eigenvalue weighted by atomic mass is 35.5. The quantitative estimate of drug-likeness (QED) is 0.749. The minimum atomic E-state index is -0.972. The van der Waals surface area contributed by atoms with Gasteiger partial charge in [0.05, 0.1) is 22.8 Å². The molecule has 0 bridgehead atoms. The number of amides is 2. The molecule has 1 aliphatic heterocycles. The predicted molar refractivity (Wildman–Crippen MR) is 96.4 cm³/mol. The smallest absolute Gasteiger partial charge is 0.246 e. The Morgan fingerprint density at radius 2 is 2.00 bits per heavy atom. The van der Waals surface area contributed by atoms with Crippen LogP contribution in [0.25, 0.3) is 6.08 Å². The lowest BCUT2D eigenvalue weighted by Gasteiger charge is -2.23. The van der Waals surface area contributed by atoms with E-state index < -0.39 is 12.7 Å². The molecule has 1 aromatic rings. The molecule has 1 aliphatic rings. The monoisotopic (exact) mass is 386 g/mol. The second kappa shape index (κ2) is 9.20. The highest BCUT2D eigenvalue weighted by Crippen LogP contribution is 2.23. The van der Waals surface area contributed by atoms with Gasteiger partial charge in [-0.3, -0.25) is 9.59 Å². The van der Waals surface area contributed by atoms with E-state index in [1.807, 2.05) is 0 Å². The fourth-order valence-corrected chi connectivity index (χ4v) is 2.79. The molecule has 1 heterocycles. The standard InChI is InChI=1S/C17H20Cl2N2O4/c18-14-3-1-12(9-15(14)19)2-4-16(24)20-6-5-17(25)21(8-7-20)10-13(23)11-22/h1-4,9,13,22-23H,5-8,10-11H2. The molecule has 0 radical (unpaired) electrons. The number of benzene rings is 1. The summed E-state index contributed by atoms with van der Waals surface area (Å²) >= 11 is 11.8. The summed E-state index contributed by atoms with van der Waals surface area (Å²) in [6.07, 6.45) is 2.29. The van der Waals surface area contributed by atoms with Crippen molar-refractivity contribution in [1.29, 1.82) is 0 Å². The van der Waals surface area contributed by atoms with Gasteiger partial charge in [-0.05, 0) is 23.8 Å². The van der Waals surface area contributed by atoms with Crippen molar-refractivity contribution in [2.24, 2.45) is 0 Å². The van der Waals surface area contributed by atoms with E-state index in [1.165, 1.54) is 11.0 Å². The van der Waals surface area contributed by atoms with Crippen LogP contribution in [0.3, 0.4) is 0 Å². The molecule has 25 heavy (non-hydrogen) atoms. The zero-order valence-corrected chi connectivity index (χ0v) is 15.1. The molecule has 0 saturated carbocycles. The number of aliphatic hydroxyl groups is 2. The number of aliphatic hydroxyl groups excluding tert-OH is 2. The highest BCUT2D eigenvalue weighted by Gasteiger charge is 2.24. The normalized spacial score (nSPS) is 17.0. The van der Waals surface area contributed by atoms with Gasteiger partial charge < -0.3 is 20.0 Å². The third-order valence-corrected chi connectivity index (χ3v) is 4.64. The molecule has 8 heteroatoms. The van der Waals surface area contributed by atoms with Crippen LogP contribution in [0.1, 0.15) is 12.0 Å². The van der Waals surface area contributed by atoms with Crippen molar-refractivity contribution in [1.82, 2.24) is 9.80 Å². The van der Waals surface area contributed by atoms with Crippen molar-refractivity contribution < 1.29 is 19.8 Å². The third-order valence-electron chi connectivity index (χ3n) is 3.90. The average Bonchev–Trinajstić information content (AvgIpc) is 2.78. The Bertz CT molecular complexity index is 666. The second-order valence-electron chi connectivity index (χ2n) is 5.76. The van der Waals surface area contributed by atoms with Gasteiger partial charge in [0.15, 0.2) is 0 Å². The van der Waals surface area contributed by atoms with Crippen molar-refractivity contribution in [3.63, 3.8) is 0 Å². The first-order chi connectivity index (χ1) is 11.9. The van der Waals surface area contributed by atoms with Crippen LogP contribution in [-0.2, 0) is 9.59 Å². The molecule has 1 atom stereocenters. The molecule has 0 aliphatic carbocycles. The Morgan fingerprint density at radius 3 is 2.68 bits per heavy atom. The van der Waals surface area contributed by atoms with Gasteiger partial charge in [-0.1, -0.05) is 29.3 Å². The van der Waals surface area contributed by atoms with Gasteiger partial charge in [0.2, 0.25) is 11.8 Å². The lowest BCUT2D eigenvalue weighted by atomic mass is 10.2. The number of rotatable bonds is 5. The fourth-order valence-electron chi connectivity index (χ4n) is 2.48. The molecule has 1 fully saturated rings. The van der Waals surface area contributed by atoms with Crippen LogP contribution in [0, 0.1) is 0 Å². The van der Waals surface area contributed by atoms with Crippen LogP contribution in [0.5, 0.6) is 0 Å². The van der Waals surface area contributed by atoms with Crippen LogP contribution >= 0.6 is 23.2 Å². The van der Waals surface area contributed by atoms with E-state index in [-0.39, 0.29) is 24.8 Å². The Hall–Kier alpha value is -1.60. The molecule has 136 valence electrons. The number of β-amino-alcohol motifs (C(OH)–C–C–N with tert-alkyl or cyclic N) is 1. The zero-order chi connectivity index (χ0) is 18.4. The minimum absolute atomic E-state index is 0.0659. The van der Waals surface area contributed by atoms with E-state index in [0.717, 1.165) is 5.56 Å². The molecular weight excluding hydrogens is 367 g/mol. The summed E-state index contributed by atoms with van der Waals surface area (Å²) in [6.45, 7) is 0.668.